The first kappa shape index (κ1) is 13.6. The van der Waals surface area contributed by atoms with Crippen LogP contribution in [0.2, 0.25) is 5.02 Å². The third-order valence-electron chi connectivity index (χ3n) is 5.10. The Kier molecular flexibility index (Phi) is 3.43. The Balaban J connectivity index is 1.35. The van der Waals surface area contributed by atoms with E-state index in [2.05, 4.69) is 15.9 Å². The van der Waals surface area contributed by atoms with Crippen molar-refractivity contribution >= 4 is 17.5 Å². The van der Waals surface area contributed by atoms with Crippen LogP contribution in [0.1, 0.15) is 30.7 Å². The normalized spacial score (nSPS) is 29.5. The van der Waals surface area contributed by atoms with E-state index < -0.39 is 0 Å². The van der Waals surface area contributed by atoms with E-state index in [9.17, 15) is 4.79 Å². The maximum atomic E-state index is 12.6. The van der Waals surface area contributed by atoms with E-state index in [1.54, 1.807) is 0 Å². The van der Waals surface area contributed by atoms with E-state index in [0.29, 0.717) is 11.8 Å². The van der Waals surface area contributed by atoms with Gasteiger partial charge in [-0.1, -0.05) is 29.8 Å². The standard InChI is InChI=1S/C17H21ClN2O/c18-16-4-2-1-3-13(16)14-11-15(14)17(21)20-9-7-19(8-10-20)12-5-6-12/h1-4,12,14-15H,5-11H2/t14-,15-/m0/s1. The summed E-state index contributed by atoms with van der Waals surface area (Å²) in [5, 5.41) is 0.802. The van der Waals surface area contributed by atoms with Gasteiger partial charge in [0.2, 0.25) is 5.91 Å². The van der Waals surface area contributed by atoms with Crippen LogP contribution in [-0.4, -0.2) is 47.9 Å². The average molecular weight is 305 g/mol. The van der Waals surface area contributed by atoms with Gasteiger partial charge in [0, 0.05) is 43.2 Å². The molecule has 1 aromatic carbocycles. The molecule has 2 atom stereocenters. The zero-order chi connectivity index (χ0) is 14.4. The molecule has 1 saturated heterocycles. The molecule has 0 aromatic heterocycles. The molecule has 3 aliphatic rings. The van der Waals surface area contributed by atoms with E-state index >= 15 is 0 Å². The predicted molar refractivity (Wildman–Crippen MR) is 83.5 cm³/mol. The van der Waals surface area contributed by atoms with Gasteiger partial charge in [0.15, 0.2) is 0 Å². The largest absolute Gasteiger partial charge is 0.340 e. The minimum atomic E-state index is 0.164. The van der Waals surface area contributed by atoms with Crippen molar-refractivity contribution in [3.05, 3.63) is 34.9 Å². The fourth-order valence-electron chi connectivity index (χ4n) is 3.57. The first-order valence-corrected chi connectivity index (χ1v) is 8.39. The van der Waals surface area contributed by atoms with Gasteiger partial charge in [0.1, 0.15) is 0 Å². The Morgan fingerprint density at radius 3 is 2.48 bits per heavy atom. The number of carbonyl (C=O) groups is 1. The molecule has 21 heavy (non-hydrogen) atoms. The van der Waals surface area contributed by atoms with Crippen LogP contribution in [0.25, 0.3) is 0 Å². The lowest BCUT2D eigenvalue weighted by atomic mass is 10.1. The lowest BCUT2D eigenvalue weighted by Gasteiger charge is -2.35. The number of piperazine rings is 1. The monoisotopic (exact) mass is 304 g/mol. The zero-order valence-electron chi connectivity index (χ0n) is 12.2. The number of nitrogens with zero attached hydrogens (tertiary/aromatic N) is 2. The van der Waals surface area contributed by atoms with Crippen LogP contribution in [0.5, 0.6) is 0 Å². The van der Waals surface area contributed by atoms with Crippen LogP contribution in [0, 0.1) is 5.92 Å². The smallest absolute Gasteiger partial charge is 0.226 e. The Morgan fingerprint density at radius 2 is 1.81 bits per heavy atom. The fraction of sp³-hybridized carbons (Fsp3) is 0.588. The van der Waals surface area contributed by atoms with Crippen molar-refractivity contribution in [3.8, 4) is 0 Å². The zero-order valence-corrected chi connectivity index (χ0v) is 12.9. The molecular formula is C17H21ClN2O. The van der Waals surface area contributed by atoms with Gasteiger partial charge in [-0.25, -0.2) is 0 Å². The Morgan fingerprint density at radius 1 is 1.10 bits per heavy atom. The SMILES string of the molecule is O=C([C@H]1C[C@H]1c1ccccc1Cl)N1CCN(C2CC2)CC1. The number of rotatable bonds is 3. The van der Waals surface area contributed by atoms with Gasteiger partial charge in [0.05, 0.1) is 0 Å². The summed E-state index contributed by atoms with van der Waals surface area (Å²) >= 11 is 6.24. The highest BCUT2D eigenvalue weighted by Crippen LogP contribution is 2.50. The van der Waals surface area contributed by atoms with E-state index in [4.69, 9.17) is 11.6 Å². The summed E-state index contributed by atoms with van der Waals surface area (Å²) in [6.45, 7) is 3.92. The number of hydrogen-bond acceptors (Lipinski definition) is 2. The third-order valence-corrected chi connectivity index (χ3v) is 5.45. The first-order valence-electron chi connectivity index (χ1n) is 8.01. The van der Waals surface area contributed by atoms with Crippen molar-refractivity contribution in [2.75, 3.05) is 26.2 Å². The number of hydrogen-bond donors (Lipinski definition) is 0. The highest BCUT2D eigenvalue weighted by molar-refractivity contribution is 6.31. The molecule has 2 aliphatic carbocycles. The van der Waals surface area contributed by atoms with Crippen LogP contribution >= 0.6 is 11.6 Å². The van der Waals surface area contributed by atoms with Crippen molar-refractivity contribution in [3.63, 3.8) is 0 Å². The molecule has 0 radical (unpaired) electrons. The summed E-state index contributed by atoms with van der Waals surface area (Å²) in [6, 6.07) is 8.76. The maximum absolute atomic E-state index is 12.6. The van der Waals surface area contributed by atoms with Crippen LogP contribution in [0.15, 0.2) is 24.3 Å². The van der Waals surface area contributed by atoms with E-state index in [1.807, 2.05) is 18.2 Å². The molecule has 0 N–H and O–H groups in total. The Hall–Kier alpha value is -1.06. The molecule has 1 heterocycles. The van der Waals surface area contributed by atoms with Crippen LogP contribution in [-0.2, 0) is 4.79 Å². The van der Waals surface area contributed by atoms with Crippen molar-refractivity contribution in [2.24, 2.45) is 5.92 Å². The van der Waals surface area contributed by atoms with Gasteiger partial charge < -0.3 is 4.90 Å². The van der Waals surface area contributed by atoms with Crippen LogP contribution in [0.3, 0.4) is 0 Å². The van der Waals surface area contributed by atoms with Gasteiger partial charge in [-0.15, -0.1) is 0 Å². The average Bonchev–Trinajstić information content (AvgIpc) is 3.39. The minimum Gasteiger partial charge on any atom is -0.340 e. The van der Waals surface area contributed by atoms with Crippen molar-refractivity contribution in [1.82, 2.24) is 9.80 Å². The topological polar surface area (TPSA) is 23.6 Å². The van der Waals surface area contributed by atoms with Crippen LogP contribution in [0.4, 0.5) is 0 Å². The Labute approximate surface area is 130 Å². The predicted octanol–water partition coefficient (Wildman–Crippen LogP) is 2.75. The third kappa shape index (κ3) is 2.69. The number of carbonyl (C=O) groups excluding carboxylic acids is 1. The molecule has 0 bridgehead atoms. The summed E-state index contributed by atoms with van der Waals surface area (Å²) < 4.78 is 0. The van der Waals surface area contributed by atoms with E-state index in [-0.39, 0.29) is 5.92 Å². The minimum absolute atomic E-state index is 0.164. The molecule has 4 heteroatoms. The summed E-state index contributed by atoms with van der Waals surface area (Å²) in [6.07, 6.45) is 3.67. The van der Waals surface area contributed by atoms with Crippen LogP contribution < -0.4 is 0 Å². The molecule has 2 saturated carbocycles. The van der Waals surface area contributed by atoms with Gasteiger partial charge >= 0.3 is 0 Å². The van der Waals surface area contributed by atoms with Crippen molar-refractivity contribution in [2.45, 2.75) is 31.2 Å². The lowest BCUT2D eigenvalue weighted by Crippen LogP contribution is -2.49. The number of amides is 1. The molecule has 1 aromatic rings. The molecule has 3 nitrogen and oxygen atoms in total. The second kappa shape index (κ2) is 5.29. The number of benzene rings is 1. The van der Waals surface area contributed by atoms with Crippen molar-refractivity contribution < 1.29 is 4.79 Å². The fourth-order valence-corrected chi connectivity index (χ4v) is 3.84. The summed E-state index contributed by atoms with van der Waals surface area (Å²) in [7, 11) is 0. The van der Waals surface area contributed by atoms with E-state index in [1.165, 1.54) is 12.8 Å². The number of halogens is 1. The van der Waals surface area contributed by atoms with Gasteiger partial charge in [0.25, 0.3) is 0 Å². The second-order valence-corrected chi connectivity index (χ2v) is 6.97. The molecule has 0 unspecified atom stereocenters. The molecule has 112 valence electrons. The first-order chi connectivity index (χ1) is 10.2. The maximum Gasteiger partial charge on any atom is 0.226 e. The summed E-state index contributed by atoms with van der Waals surface area (Å²) in [5.74, 6) is 0.848. The highest BCUT2D eigenvalue weighted by Gasteiger charge is 2.47. The van der Waals surface area contributed by atoms with Gasteiger partial charge in [-0.05, 0) is 36.8 Å². The quantitative estimate of drug-likeness (QED) is 0.857. The second-order valence-electron chi connectivity index (χ2n) is 6.56. The molecule has 4 rings (SSSR count). The molecule has 0 spiro atoms. The summed E-state index contributed by atoms with van der Waals surface area (Å²) in [5.41, 5.74) is 1.15. The Bertz CT molecular complexity index is 549. The van der Waals surface area contributed by atoms with E-state index in [0.717, 1.165) is 49.2 Å². The highest BCUT2D eigenvalue weighted by atomic mass is 35.5. The van der Waals surface area contributed by atoms with Gasteiger partial charge in [-0.2, -0.15) is 0 Å². The lowest BCUT2D eigenvalue weighted by molar-refractivity contribution is -0.134. The van der Waals surface area contributed by atoms with Gasteiger partial charge in [-0.3, -0.25) is 9.69 Å². The van der Waals surface area contributed by atoms with Crippen molar-refractivity contribution in [1.29, 1.82) is 0 Å². The molecule has 3 fully saturated rings. The summed E-state index contributed by atoms with van der Waals surface area (Å²) in [4.78, 5) is 17.2. The molecular weight excluding hydrogens is 284 g/mol. The molecule has 1 aliphatic heterocycles. The molecule has 1 amide bonds.